The van der Waals surface area contributed by atoms with Gasteiger partial charge < -0.3 is 0 Å². The van der Waals surface area contributed by atoms with Crippen molar-refractivity contribution in [2.75, 3.05) is 0 Å². The van der Waals surface area contributed by atoms with Gasteiger partial charge in [-0.2, -0.15) is 27.1 Å². The lowest BCUT2D eigenvalue weighted by Gasteiger charge is -2.12. The molecule has 168 valence electrons. The fourth-order valence-electron chi connectivity index (χ4n) is 3.58. The average molecular weight is 462 g/mol. The minimum Gasteiger partial charge on any atom is -0.296 e. The molecule has 0 unspecified atom stereocenters. The molecule has 0 amide bonds. The number of imidazole rings is 1. The van der Waals surface area contributed by atoms with Crippen molar-refractivity contribution in [3.63, 3.8) is 0 Å². The minimum atomic E-state index is -4.68. The molecule has 0 bridgehead atoms. The summed E-state index contributed by atoms with van der Waals surface area (Å²) in [6.07, 6.45) is -0.112. The summed E-state index contributed by atoms with van der Waals surface area (Å²) in [5.74, 6) is -4.24. The van der Waals surface area contributed by atoms with Gasteiger partial charge in [0.2, 0.25) is 0 Å². The molecular weight excluding hydrogens is 450 g/mol. The number of nitrogens with zero attached hydrogens (tertiary/aromatic N) is 5. The van der Waals surface area contributed by atoms with Gasteiger partial charge in [-0.3, -0.25) is 19.5 Å². The van der Waals surface area contributed by atoms with Crippen molar-refractivity contribution in [3.05, 3.63) is 66.3 Å². The first kappa shape index (κ1) is 20.9. The molecule has 0 spiro atoms. The van der Waals surface area contributed by atoms with Crippen LogP contribution in [0.3, 0.4) is 0 Å². The van der Waals surface area contributed by atoms with E-state index in [0.29, 0.717) is 12.4 Å². The molecule has 1 N–H and O–H groups in total. The topological polar surface area (TPSA) is 71.8 Å². The summed E-state index contributed by atoms with van der Waals surface area (Å²) >= 11 is 0. The Balaban J connectivity index is 1.78. The van der Waals surface area contributed by atoms with Gasteiger partial charge >= 0.3 is 6.18 Å². The van der Waals surface area contributed by atoms with Crippen LogP contribution in [0.25, 0.3) is 39.1 Å². The van der Waals surface area contributed by atoms with E-state index in [2.05, 4.69) is 25.1 Å². The van der Waals surface area contributed by atoms with Crippen LogP contribution in [0.15, 0.2) is 49.1 Å². The monoisotopic (exact) mass is 462 g/mol. The Morgan fingerprint density at radius 2 is 1.79 bits per heavy atom. The first-order valence-corrected chi connectivity index (χ1v) is 9.46. The van der Waals surface area contributed by atoms with E-state index in [1.165, 1.54) is 35.0 Å². The van der Waals surface area contributed by atoms with E-state index >= 15 is 4.39 Å². The number of H-pyrrole nitrogens is 1. The van der Waals surface area contributed by atoms with E-state index in [4.69, 9.17) is 0 Å². The summed E-state index contributed by atoms with van der Waals surface area (Å²) in [7, 11) is 0. The largest absolute Gasteiger partial charge is 0.433 e. The molecule has 33 heavy (non-hydrogen) atoms. The molecule has 0 aliphatic rings. The number of halogens is 6. The number of aromatic nitrogens is 6. The number of fused-ring (bicyclic) bond motifs is 2. The summed E-state index contributed by atoms with van der Waals surface area (Å²) < 4.78 is 84.6. The Labute approximate surface area is 180 Å². The van der Waals surface area contributed by atoms with Gasteiger partial charge in [0.05, 0.1) is 34.7 Å². The lowest BCUT2D eigenvalue weighted by molar-refractivity contribution is -0.141. The molecule has 6 nitrogen and oxygen atoms in total. The van der Waals surface area contributed by atoms with Crippen molar-refractivity contribution in [1.82, 2.24) is 29.5 Å². The predicted molar refractivity (Wildman–Crippen MR) is 106 cm³/mol. The number of aromatic amines is 1. The zero-order chi connectivity index (χ0) is 23.5. The highest BCUT2D eigenvalue weighted by Gasteiger charge is 2.35. The lowest BCUT2D eigenvalue weighted by atomic mass is 10.0. The molecule has 0 fully saturated rings. The lowest BCUT2D eigenvalue weighted by Crippen LogP contribution is -2.10. The average Bonchev–Trinajstić information content (AvgIpc) is 3.38. The second-order valence-electron chi connectivity index (χ2n) is 7.38. The molecule has 1 aromatic carbocycles. The molecule has 0 saturated carbocycles. The SMILES string of the molecule is CC(F)(F)c1nc2cnc(-c3ccnc(C(F)(F)F)c3)cn2c1-c1ccc2[nH]ncc2c1F. The van der Waals surface area contributed by atoms with Crippen LogP contribution in [-0.4, -0.2) is 29.5 Å². The Hall–Kier alpha value is -3.96. The van der Waals surface area contributed by atoms with Gasteiger partial charge in [0.25, 0.3) is 5.92 Å². The maximum absolute atomic E-state index is 15.3. The molecule has 0 saturated heterocycles. The van der Waals surface area contributed by atoms with Gasteiger partial charge in [-0.05, 0) is 24.3 Å². The first-order valence-electron chi connectivity index (χ1n) is 9.46. The van der Waals surface area contributed by atoms with Crippen LogP contribution >= 0.6 is 0 Å². The Bertz CT molecular complexity index is 1510. The summed E-state index contributed by atoms with van der Waals surface area (Å²) in [6, 6.07) is 4.88. The Morgan fingerprint density at radius 1 is 1.00 bits per heavy atom. The number of nitrogens with one attached hydrogen (secondary N) is 1. The first-order chi connectivity index (χ1) is 15.5. The van der Waals surface area contributed by atoms with Crippen molar-refractivity contribution in [2.45, 2.75) is 19.0 Å². The third kappa shape index (κ3) is 3.47. The van der Waals surface area contributed by atoms with Crippen LogP contribution in [0.4, 0.5) is 26.3 Å². The standard InChI is InChI=1S/C21H12F6N6/c1-20(23,24)19-18(11-2-3-13-12(17(11)22)7-30-32-13)33-9-14(29-8-16(33)31-19)10-4-5-28-15(6-10)21(25,26)27/h2-9H,1H3,(H,30,32). The zero-order valence-electron chi connectivity index (χ0n) is 16.6. The van der Waals surface area contributed by atoms with Gasteiger partial charge in [0.15, 0.2) is 5.65 Å². The van der Waals surface area contributed by atoms with Crippen LogP contribution in [-0.2, 0) is 12.1 Å². The summed E-state index contributed by atoms with van der Waals surface area (Å²) in [4.78, 5) is 11.3. The number of hydrogen-bond acceptors (Lipinski definition) is 4. The van der Waals surface area contributed by atoms with Gasteiger partial charge in [-0.15, -0.1) is 0 Å². The van der Waals surface area contributed by atoms with E-state index < -0.39 is 29.3 Å². The second kappa shape index (κ2) is 7.02. The number of benzene rings is 1. The molecule has 0 radical (unpaired) electrons. The number of rotatable bonds is 3. The van der Waals surface area contributed by atoms with Gasteiger partial charge in [-0.25, -0.2) is 9.37 Å². The molecular formula is C21H12F6N6. The van der Waals surface area contributed by atoms with Gasteiger partial charge in [0.1, 0.15) is 17.2 Å². The number of alkyl halides is 5. The fourth-order valence-corrected chi connectivity index (χ4v) is 3.58. The Morgan fingerprint density at radius 3 is 2.52 bits per heavy atom. The van der Waals surface area contributed by atoms with E-state index in [1.54, 1.807) is 0 Å². The van der Waals surface area contributed by atoms with Gasteiger partial charge in [-0.1, -0.05) is 0 Å². The molecule has 12 heteroatoms. The smallest absolute Gasteiger partial charge is 0.296 e. The number of hydrogen-bond donors (Lipinski definition) is 1. The fraction of sp³-hybridized carbons (Fsp3) is 0.143. The minimum absolute atomic E-state index is 0.0259. The quantitative estimate of drug-likeness (QED) is 0.354. The van der Waals surface area contributed by atoms with Crippen LogP contribution < -0.4 is 0 Å². The van der Waals surface area contributed by atoms with Crippen molar-refractivity contribution >= 4 is 16.6 Å². The second-order valence-corrected chi connectivity index (χ2v) is 7.38. The molecule has 0 aliphatic heterocycles. The molecule has 5 rings (SSSR count). The Kier molecular flexibility index (Phi) is 4.45. The molecule has 0 aliphatic carbocycles. The molecule has 4 aromatic heterocycles. The third-order valence-electron chi connectivity index (χ3n) is 5.08. The highest BCUT2D eigenvalue weighted by molar-refractivity contribution is 5.85. The van der Waals surface area contributed by atoms with Crippen molar-refractivity contribution in [2.24, 2.45) is 0 Å². The molecule has 4 heterocycles. The van der Waals surface area contributed by atoms with Crippen LogP contribution in [0.1, 0.15) is 18.3 Å². The van der Waals surface area contributed by atoms with Crippen molar-refractivity contribution in [1.29, 1.82) is 0 Å². The van der Waals surface area contributed by atoms with E-state index in [-0.39, 0.29) is 33.5 Å². The normalized spacial score (nSPS) is 12.7. The summed E-state index contributed by atoms with van der Waals surface area (Å²) in [5.41, 5.74) is -1.82. The highest BCUT2D eigenvalue weighted by Crippen LogP contribution is 2.39. The van der Waals surface area contributed by atoms with Crippen LogP contribution in [0.5, 0.6) is 0 Å². The van der Waals surface area contributed by atoms with E-state index in [9.17, 15) is 22.0 Å². The highest BCUT2D eigenvalue weighted by atomic mass is 19.4. The van der Waals surface area contributed by atoms with Gasteiger partial charge in [0, 0.05) is 30.4 Å². The van der Waals surface area contributed by atoms with Crippen molar-refractivity contribution < 1.29 is 26.3 Å². The van der Waals surface area contributed by atoms with E-state index in [1.807, 2.05) is 0 Å². The predicted octanol–water partition coefficient (Wildman–Crippen LogP) is 5.60. The zero-order valence-corrected chi connectivity index (χ0v) is 16.6. The summed E-state index contributed by atoms with van der Waals surface area (Å²) in [6.45, 7) is 0.624. The third-order valence-corrected chi connectivity index (χ3v) is 5.08. The van der Waals surface area contributed by atoms with Crippen LogP contribution in [0.2, 0.25) is 0 Å². The maximum Gasteiger partial charge on any atom is 0.433 e. The summed E-state index contributed by atoms with van der Waals surface area (Å²) in [5, 5.41) is 6.44. The number of pyridine rings is 1. The van der Waals surface area contributed by atoms with Crippen molar-refractivity contribution in [3.8, 4) is 22.5 Å². The van der Waals surface area contributed by atoms with Crippen LogP contribution in [0, 0.1) is 5.82 Å². The maximum atomic E-state index is 15.3. The molecule has 5 aromatic rings. The molecule has 0 atom stereocenters. The van der Waals surface area contributed by atoms with E-state index in [0.717, 1.165) is 18.5 Å².